The van der Waals surface area contributed by atoms with Crippen LogP contribution in [0.2, 0.25) is 0 Å². The van der Waals surface area contributed by atoms with Gasteiger partial charge >= 0.3 is 0 Å². The average Bonchev–Trinajstić information content (AvgIpc) is 2.87. The summed E-state index contributed by atoms with van der Waals surface area (Å²) in [7, 11) is 0. The molecule has 0 bridgehead atoms. The summed E-state index contributed by atoms with van der Waals surface area (Å²) < 4.78 is 0. The van der Waals surface area contributed by atoms with Crippen LogP contribution < -0.4 is 0 Å². The molecule has 3 heteroatoms. The van der Waals surface area contributed by atoms with Crippen molar-refractivity contribution in [2.24, 2.45) is 5.92 Å². The number of carbonyl (C=O) groups excluding carboxylic acids is 1. The van der Waals surface area contributed by atoms with Gasteiger partial charge in [-0.25, -0.2) is 0 Å². The molecule has 0 radical (unpaired) electrons. The second-order valence-electron chi connectivity index (χ2n) is 4.93. The number of rotatable bonds is 4. The molecule has 98 valence electrons. The summed E-state index contributed by atoms with van der Waals surface area (Å²) in [5, 5.41) is 0. The van der Waals surface area contributed by atoms with Gasteiger partial charge in [-0.3, -0.25) is 4.79 Å². The molecule has 1 amide bonds. The zero-order chi connectivity index (χ0) is 13.0. The highest BCUT2D eigenvalue weighted by atomic mass is 35.5. The number of nitrogens with zero attached hydrogens (tertiary/aromatic N) is 1. The van der Waals surface area contributed by atoms with E-state index in [4.69, 9.17) is 11.6 Å². The molecule has 2 nitrogen and oxygen atoms in total. The Balaban J connectivity index is 1.98. The predicted molar refractivity (Wildman–Crippen MR) is 75.2 cm³/mol. The van der Waals surface area contributed by atoms with Crippen molar-refractivity contribution in [3.63, 3.8) is 0 Å². The second-order valence-corrected chi connectivity index (χ2v) is 5.31. The molecule has 18 heavy (non-hydrogen) atoms. The van der Waals surface area contributed by atoms with Gasteiger partial charge in [0.2, 0.25) is 0 Å². The van der Waals surface area contributed by atoms with E-state index in [1.165, 1.54) is 5.56 Å². The van der Waals surface area contributed by atoms with Crippen molar-refractivity contribution in [2.45, 2.75) is 26.2 Å². The number of likely N-dealkylation sites (tertiary alicyclic amines) is 1. The summed E-state index contributed by atoms with van der Waals surface area (Å²) in [6, 6.07) is 7.96. The summed E-state index contributed by atoms with van der Waals surface area (Å²) in [6.07, 6.45) is 3.11. The third-order valence-electron chi connectivity index (χ3n) is 3.70. The maximum Gasteiger partial charge on any atom is 0.253 e. The van der Waals surface area contributed by atoms with Gasteiger partial charge in [0.05, 0.1) is 0 Å². The molecule has 0 saturated carbocycles. The molecule has 0 aromatic heterocycles. The van der Waals surface area contributed by atoms with Crippen LogP contribution in [-0.2, 0) is 6.42 Å². The highest BCUT2D eigenvalue weighted by molar-refractivity contribution is 6.17. The molecule has 0 aliphatic carbocycles. The number of hydrogen-bond donors (Lipinski definition) is 0. The number of halogens is 1. The van der Waals surface area contributed by atoms with Gasteiger partial charge in [0.15, 0.2) is 0 Å². The SMILES string of the molecule is CCc1ccc(C(=O)N2CCC(CCCl)C2)cc1. The summed E-state index contributed by atoms with van der Waals surface area (Å²) in [6.45, 7) is 3.85. The molecule has 1 atom stereocenters. The fraction of sp³-hybridized carbons (Fsp3) is 0.533. The Bertz CT molecular complexity index is 401. The number of carbonyl (C=O) groups is 1. The van der Waals surface area contributed by atoms with E-state index in [9.17, 15) is 4.79 Å². The Morgan fingerprint density at radius 1 is 1.39 bits per heavy atom. The smallest absolute Gasteiger partial charge is 0.253 e. The van der Waals surface area contributed by atoms with Crippen molar-refractivity contribution in [1.82, 2.24) is 4.90 Å². The molecule has 0 spiro atoms. The van der Waals surface area contributed by atoms with Gasteiger partial charge in [-0.05, 0) is 42.9 Å². The Morgan fingerprint density at radius 3 is 2.72 bits per heavy atom. The van der Waals surface area contributed by atoms with Crippen molar-refractivity contribution in [3.8, 4) is 0 Å². The summed E-state index contributed by atoms with van der Waals surface area (Å²) in [5.41, 5.74) is 2.08. The Hall–Kier alpha value is -1.02. The van der Waals surface area contributed by atoms with Gasteiger partial charge in [-0.15, -0.1) is 11.6 Å². The molecule has 1 saturated heterocycles. The highest BCUT2D eigenvalue weighted by Gasteiger charge is 2.26. The van der Waals surface area contributed by atoms with Gasteiger partial charge in [-0.2, -0.15) is 0 Å². The summed E-state index contributed by atoms with van der Waals surface area (Å²) >= 11 is 5.76. The predicted octanol–water partition coefficient (Wildman–Crippen LogP) is 3.34. The van der Waals surface area contributed by atoms with Crippen LogP contribution in [0.4, 0.5) is 0 Å². The Morgan fingerprint density at radius 2 is 2.11 bits per heavy atom. The maximum atomic E-state index is 12.3. The van der Waals surface area contributed by atoms with E-state index in [1.54, 1.807) is 0 Å². The fourth-order valence-corrected chi connectivity index (χ4v) is 2.78. The number of alkyl halides is 1. The average molecular weight is 266 g/mol. The third kappa shape index (κ3) is 3.05. The molecule has 1 aliphatic rings. The van der Waals surface area contributed by atoms with Gasteiger partial charge in [-0.1, -0.05) is 19.1 Å². The lowest BCUT2D eigenvalue weighted by molar-refractivity contribution is 0.0787. The van der Waals surface area contributed by atoms with Crippen molar-refractivity contribution < 1.29 is 4.79 Å². The first kappa shape index (κ1) is 13.4. The third-order valence-corrected chi connectivity index (χ3v) is 3.92. The molecule has 1 heterocycles. The Labute approximate surface area is 114 Å². The van der Waals surface area contributed by atoms with Crippen LogP contribution in [0, 0.1) is 5.92 Å². The standard InChI is InChI=1S/C15H20ClNO/c1-2-12-3-5-14(6-4-12)15(18)17-10-8-13(11-17)7-9-16/h3-6,13H,2,7-11H2,1H3. The molecule has 1 aromatic carbocycles. The van der Waals surface area contributed by atoms with E-state index in [-0.39, 0.29) is 5.91 Å². The normalized spacial score (nSPS) is 19.2. The quantitative estimate of drug-likeness (QED) is 0.765. The lowest BCUT2D eigenvalue weighted by atomic mass is 10.1. The van der Waals surface area contributed by atoms with Gasteiger partial charge in [0, 0.05) is 24.5 Å². The van der Waals surface area contributed by atoms with Crippen molar-refractivity contribution in [1.29, 1.82) is 0 Å². The van der Waals surface area contributed by atoms with Gasteiger partial charge < -0.3 is 4.90 Å². The van der Waals surface area contributed by atoms with Crippen LogP contribution in [-0.4, -0.2) is 29.8 Å². The number of aryl methyl sites for hydroxylation is 1. The molecule has 1 unspecified atom stereocenters. The first-order valence-electron chi connectivity index (χ1n) is 6.68. The van der Waals surface area contributed by atoms with E-state index in [0.717, 1.165) is 37.9 Å². The largest absolute Gasteiger partial charge is 0.338 e. The van der Waals surface area contributed by atoms with E-state index >= 15 is 0 Å². The number of hydrogen-bond acceptors (Lipinski definition) is 1. The molecule has 1 fully saturated rings. The number of benzene rings is 1. The van der Waals surface area contributed by atoms with E-state index in [1.807, 2.05) is 29.2 Å². The number of amides is 1. The maximum absolute atomic E-state index is 12.3. The summed E-state index contributed by atoms with van der Waals surface area (Å²) in [4.78, 5) is 14.2. The van der Waals surface area contributed by atoms with Crippen LogP contribution in [0.15, 0.2) is 24.3 Å². The van der Waals surface area contributed by atoms with Crippen molar-refractivity contribution in [2.75, 3.05) is 19.0 Å². The molecular formula is C15H20ClNO. The van der Waals surface area contributed by atoms with Crippen LogP contribution >= 0.6 is 11.6 Å². The van der Waals surface area contributed by atoms with Crippen LogP contribution in [0.3, 0.4) is 0 Å². The minimum absolute atomic E-state index is 0.162. The second kappa shape index (κ2) is 6.24. The van der Waals surface area contributed by atoms with E-state index in [2.05, 4.69) is 6.92 Å². The van der Waals surface area contributed by atoms with Gasteiger partial charge in [0.1, 0.15) is 0 Å². The Kier molecular flexibility index (Phi) is 4.65. The fourth-order valence-electron chi connectivity index (χ4n) is 2.47. The van der Waals surface area contributed by atoms with Crippen LogP contribution in [0.25, 0.3) is 0 Å². The first-order valence-corrected chi connectivity index (χ1v) is 7.22. The minimum atomic E-state index is 0.162. The first-order chi connectivity index (χ1) is 8.74. The molecule has 0 N–H and O–H groups in total. The molecular weight excluding hydrogens is 246 g/mol. The minimum Gasteiger partial charge on any atom is -0.338 e. The molecule has 1 aromatic rings. The van der Waals surface area contributed by atoms with Gasteiger partial charge in [0.25, 0.3) is 5.91 Å². The van der Waals surface area contributed by atoms with Crippen molar-refractivity contribution >= 4 is 17.5 Å². The van der Waals surface area contributed by atoms with Crippen LogP contribution in [0.5, 0.6) is 0 Å². The zero-order valence-electron chi connectivity index (χ0n) is 10.9. The zero-order valence-corrected chi connectivity index (χ0v) is 11.6. The van der Waals surface area contributed by atoms with E-state index < -0.39 is 0 Å². The highest BCUT2D eigenvalue weighted by Crippen LogP contribution is 2.22. The topological polar surface area (TPSA) is 20.3 Å². The summed E-state index contributed by atoms with van der Waals surface area (Å²) in [5.74, 6) is 1.44. The lowest BCUT2D eigenvalue weighted by Gasteiger charge is -2.16. The monoisotopic (exact) mass is 265 g/mol. The van der Waals surface area contributed by atoms with Crippen molar-refractivity contribution in [3.05, 3.63) is 35.4 Å². The lowest BCUT2D eigenvalue weighted by Crippen LogP contribution is -2.28. The van der Waals surface area contributed by atoms with E-state index in [0.29, 0.717) is 11.8 Å². The van der Waals surface area contributed by atoms with Crippen LogP contribution in [0.1, 0.15) is 35.7 Å². The molecule has 1 aliphatic heterocycles. The molecule has 2 rings (SSSR count).